The molecule has 0 aromatic rings. The minimum Gasteiger partial charge on any atom is -0.359 e. The Labute approximate surface area is 108 Å². The number of amides is 1. The van der Waals surface area contributed by atoms with Crippen LogP contribution >= 0.6 is 11.8 Å². The van der Waals surface area contributed by atoms with Crippen LogP contribution < -0.4 is 10.6 Å². The number of amidine groups is 1. The van der Waals surface area contributed by atoms with Crippen LogP contribution in [-0.2, 0) is 4.79 Å². The van der Waals surface area contributed by atoms with Gasteiger partial charge in [-0.15, -0.1) is 0 Å². The van der Waals surface area contributed by atoms with Gasteiger partial charge in [0, 0.05) is 23.3 Å². The predicted octanol–water partition coefficient (Wildman–Crippen LogP) is 1.76. The molecule has 0 spiro atoms. The molecule has 0 aromatic heterocycles. The molecule has 0 aromatic carbocycles. The fourth-order valence-corrected chi connectivity index (χ4v) is 2.54. The lowest BCUT2D eigenvalue weighted by atomic mass is 10.1. The average molecular weight is 257 g/mol. The smallest absolute Gasteiger partial charge is 0.222 e. The number of hydrogen-bond acceptors (Lipinski definition) is 3. The topological polar surface area (TPSA) is 53.5 Å². The summed E-state index contributed by atoms with van der Waals surface area (Å²) in [5, 5.41) is 7.22. The summed E-state index contributed by atoms with van der Waals surface area (Å²) in [7, 11) is 0. The highest BCUT2D eigenvalue weighted by atomic mass is 32.2. The maximum atomic E-state index is 11.6. The Morgan fingerprint density at radius 1 is 1.53 bits per heavy atom. The zero-order chi connectivity index (χ0) is 13.1. The Morgan fingerprint density at radius 3 is 2.65 bits per heavy atom. The van der Waals surface area contributed by atoms with Crippen molar-refractivity contribution >= 4 is 22.8 Å². The van der Waals surface area contributed by atoms with Crippen molar-refractivity contribution in [3.63, 3.8) is 0 Å². The van der Waals surface area contributed by atoms with Gasteiger partial charge in [0.15, 0.2) is 5.17 Å². The van der Waals surface area contributed by atoms with Crippen LogP contribution in [0.3, 0.4) is 0 Å². The second-order valence-corrected chi connectivity index (χ2v) is 7.00. The summed E-state index contributed by atoms with van der Waals surface area (Å²) in [6.07, 6.45) is 0.448. The van der Waals surface area contributed by atoms with E-state index >= 15 is 0 Å². The van der Waals surface area contributed by atoms with E-state index in [1.54, 1.807) is 11.8 Å². The third kappa shape index (κ3) is 5.96. The molecule has 0 unspecified atom stereocenters. The van der Waals surface area contributed by atoms with Crippen molar-refractivity contribution in [1.82, 2.24) is 10.6 Å². The maximum absolute atomic E-state index is 11.6. The molecule has 98 valence electrons. The highest BCUT2D eigenvalue weighted by Gasteiger charge is 2.27. The van der Waals surface area contributed by atoms with Crippen LogP contribution in [0.1, 0.15) is 41.0 Å². The van der Waals surface area contributed by atoms with E-state index in [0.717, 1.165) is 10.9 Å². The van der Waals surface area contributed by atoms with Gasteiger partial charge in [0.2, 0.25) is 5.91 Å². The minimum atomic E-state index is -0.160. The summed E-state index contributed by atoms with van der Waals surface area (Å²) >= 11 is 1.72. The van der Waals surface area contributed by atoms with Crippen molar-refractivity contribution < 1.29 is 4.79 Å². The standard InChI is InChI=1S/C12H23N3OS/c1-11(2,3)14-9(16)6-7-13-10-15-12(4,5)8-17-10/h6-8H2,1-5H3,(H,13,15)(H,14,16). The molecule has 5 heteroatoms. The molecule has 1 rings (SSSR count). The highest BCUT2D eigenvalue weighted by Crippen LogP contribution is 2.21. The summed E-state index contributed by atoms with van der Waals surface area (Å²) in [6.45, 7) is 10.8. The van der Waals surface area contributed by atoms with Gasteiger partial charge in [-0.2, -0.15) is 0 Å². The van der Waals surface area contributed by atoms with Gasteiger partial charge in [0.25, 0.3) is 0 Å². The van der Waals surface area contributed by atoms with Crippen molar-refractivity contribution in [1.29, 1.82) is 0 Å². The molecule has 1 aliphatic heterocycles. The molecule has 0 saturated carbocycles. The van der Waals surface area contributed by atoms with E-state index in [4.69, 9.17) is 0 Å². The second kappa shape index (κ2) is 5.29. The Kier molecular flexibility index (Phi) is 4.47. The van der Waals surface area contributed by atoms with E-state index < -0.39 is 0 Å². The predicted molar refractivity (Wildman–Crippen MR) is 74.5 cm³/mol. The molecule has 4 nitrogen and oxygen atoms in total. The van der Waals surface area contributed by atoms with Crippen molar-refractivity contribution in [3.8, 4) is 0 Å². The van der Waals surface area contributed by atoms with E-state index in [1.165, 1.54) is 0 Å². The first-order valence-electron chi connectivity index (χ1n) is 5.94. The molecule has 2 N–H and O–H groups in total. The molecular formula is C12H23N3OS. The molecule has 1 amide bonds. The van der Waals surface area contributed by atoms with Gasteiger partial charge in [-0.1, -0.05) is 11.8 Å². The first kappa shape index (κ1) is 14.4. The molecule has 0 aliphatic carbocycles. The van der Waals surface area contributed by atoms with E-state index in [-0.39, 0.29) is 17.0 Å². The lowest BCUT2D eigenvalue weighted by Gasteiger charge is -2.20. The van der Waals surface area contributed by atoms with Gasteiger partial charge < -0.3 is 10.6 Å². The van der Waals surface area contributed by atoms with Crippen LogP contribution in [0.5, 0.6) is 0 Å². The second-order valence-electron chi connectivity index (χ2n) is 6.03. The highest BCUT2D eigenvalue weighted by molar-refractivity contribution is 8.14. The molecule has 17 heavy (non-hydrogen) atoms. The summed E-state index contributed by atoms with van der Waals surface area (Å²) in [5.74, 6) is 1.09. The van der Waals surface area contributed by atoms with Crippen LogP contribution in [0.25, 0.3) is 0 Å². The summed E-state index contributed by atoms with van der Waals surface area (Å²) in [4.78, 5) is 15.9. The van der Waals surface area contributed by atoms with E-state index in [9.17, 15) is 4.79 Å². The first-order valence-corrected chi connectivity index (χ1v) is 6.93. The van der Waals surface area contributed by atoms with Crippen LogP contribution in [0, 0.1) is 0 Å². The zero-order valence-corrected chi connectivity index (χ0v) is 12.2. The molecule has 1 saturated heterocycles. The fraction of sp³-hybridized carbons (Fsp3) is 0.833. The normalized spacial score (nSPS) is 21.4. The molecule has 0 radical (unpaired) electrons. The van der Waals surface area contributed by atoms with Crippen LogP contribution in [0.2, 0.25) is 0 Å². The Bertz CT molecular complexity index is 318. The number of carbonyl (C=O) groups excluding carboxylic acids is 1. The zero-order valence-electron chi connectivity index (χ0n) is 11.4. The molecule has 0 atom stereocenters. The lowest BCUT2D eigenvalue weighted by molar-refractivity contribution is -0.122. The number of nitrogens with zero attached hydrogens (tertiary/aromatic N) is 1. The quantitative estimate of drug-likeness (QED) is 0.810. The lowest BCUT2D eigenvalue weighted by Crippen LogP contribution is -2.40. The van der Waals surface area contributed by atoms with Gasteiger partial charge in [0.1, 0.15) is 0 Å². The number of thioether (sulfide) groups is 1. The number of aliphatic imine (C=N–C) groups is 1. The Hall–Kier alpha value is -0.710. The number of nitrogens with one attached hydrogen (secondary N) is 2. The molecular weight excluding hydrogens is 234 g/mol. The Morgan fingerprint density at radius 2 is 2.18 bits per heavy atom. The monoisotopic (exact) mass is 257 g/mol. The van der Waals surface area contributed by atoms with E-state index in [2.05, 4.69) is 29.5 Å². The molecule has 1 aliphatic rings. The average Bonchev–Trinajstić information content (AvgIpc) is 2.42. The molecule has 0 bridgehead atoms. The van der Waals surface area contributed by atoms with Crippen molar-refractivity contribution in [2.24, 2.45) is 4.99 Å². The van der Waals surface area contributed by atoms with Crippen LogP contribution in [-0.4, -0.2) is 34.5 Å². The van der Waals surface area contributed by atoms with Crippen LogP contribution in [0.15, 0.2) is 4.99 Å². The largest absolute Gasteiger partial charge is 0.359 e. The SMILES string of the molecule is CC(C)(C)NC(=O)CCN=C1NC(C)(C)CS1. The van der Waals surface area contributed by atoms with Gasteiger partial charge in [-0.05, 0) is 34.6 Å². The number of hydrogen-bond donors (Lipinski definition) is 2. The van der Waals surface area contributed by atoms with Gasteiger partial charge >= 0.3 is 0 Å². The fourth-order valence-electron chi connectivity index (χ4n) is 1.44. The van der Waals surface area contributed by atoms with Crippen LogP contribution in [0.4, 0.5) is 0 Å². The number of carbonyl (C=O) groups is 1. The van der Waals surface area contributed by atoms with Gasteiger partial charge in [-0.3, -0.25) is 9.79 Å². The van der Waals surface area contributed by atoms with Gasteiger partial charge in [-0.25, -0.2) is 0 Å². The van der Waals surface area contributed by atoms with Crippen molar-refractivity contribution in [2.75, 3.05) is 12.3 Å². The molecule has 1 fully saturated rings. The minimum absolute atomic E-state index is 0.0594. The Balaban J connectivity index is 2.29. The van der Waals surface area contributed by atoms with Crippen molar-refractivity contribution in [2.45, 2.75) is 52.1 Å². The third-order valence-corrected chi connectivity index (χ3v) is 3.49. The third-order valence-electron chi connectivity index (χ3n) is 2.12. The van der Waals surface area contributed by atoms with E-state index in [0.29, 0.717) is 13.0 Å². The summed E-state index contributed by atoms with van der Waals surface area (Å²) in [6, 6.07) is 0. The first-order chi connectivity index (χ1) is 7.68. The summed E-state index contributed by atoms with van der Waals surface area (Å²) < 4.78 is 0. The summed E-state index contributed by atoms with van der Waals surface area (Å²) in [5.41, 5.74) is -0.0380. The maximum Gasteiger partial charge on any atom is 0.222 e. The van der Waals surface area contributed by atoms with Gasteiger partial charge in [0.05, 0.1) is 6.54 Å². The van der Waals surface area contributed by atoms with Crippen molar-refractivity contribution in [3.05, 3.63) is 0 Å². The number of rotatable bonds is 3. The molecule has 1 heterocycles. The van der Waals surface area contributed by atoms with E-state index in [1.807, 2.05) is 20.8 Å².